The Morgan fingerprint density at radius 2 is 2.23 bits per heavy atom. The van der Waals surface area contributed by atoms with Gasteiger partial charge in [0, 0.05) is 17.8 Å². The fraction of sp³-hybridized carbons (Fsp3) is 0.278. The van der Waals surface area contributed by atoms with Crippen LogP contribution >= 0.6 is 0 Å². The summed E-state index contributed by atoms with van der Waals surface area (Å²) in [5, 5.41) is 7.28. The molecule has 2 unspecified atom stereocenters. The average molecular weight is 375 g/mol. The first-order chi connectivity index (χ1) is 12.7. The minimum Gasteiger partial charge on any atom is -0.616 e. The van der Waals surface area contributed by atoms with Crippen molar-refractivity contribution >= 4 is 28.0 Å². The zero-order chi connectivity index (χ0) is 19.8. The van der Waals surface area contributed by atoms with Crippen molar-refractivity contribution < 1.29 is 15.1 Å². The minimum absolute atomic E-state index is 0.0609. The van der Waals surface area contributed by atoms with Gasteiger partial charge in [0.1, 0.15) is 11.2 Å². The van der Waals surface area contributed by atoms with Gasteiger partial charge in [-0.25, -0.2) is 9.07 Å². The van der Waals surface area contributed by atoms with Crippen LogP contribution in [0.25, 0.3) is 16.6 Å². The van der Waals surface area contributed by atoms with Crippen LogP contribution in [0.1, 0.15) is 25.6 Å². The van der Waals surface area contributed by atoms with E-state index in [1.807, 2.05) is 0 Å². The maximum absolute atomic E-state index is 14.2. The van der Waals surface area contributed by atoms with Crippen LogP contribution in [0.5, 0.6) is 0 Å². The Morgan fingerprint density at radius 3 is 2.88 bits per heavy atom. The first-order valence-corrected chi connectivity index (χ1v) is 9.48. The summed E-state index contributed by atoms with van der Waals surface area (Å²) >= 11 is -1.44. The Labute approximate surface area is 155 Å². The van der Waals surface area contributed by atoms with E-state index in [1.165, 1.54) is 23.1 Å². The van der Waals surface area contributed by atoms with Gasteiger partial charge in [-0.2, -0.15) is 5.10 Å². The van der Waals surface area contributed by atoms with E-state index in [0.29, 0.717) is 11.1 Å². The van der Waals surface area contributed by atoms with Crippen molar-refractivity contribution in [3.8, 4) is 5.69 Å². The van der Waals surface area contributed by atoms with Gasteiger partial charge in [-0.3, -0.25) is 9.78 Å². The van der Waals surface area contributed by atoms with Crippen molar-refractivity contribution in [3.05, 3.63) is 54.2 Å². The zero-order valence-corrected chi connectivity index (χ0v) is 15.4. The number of carbonyl (C=O) groups is 1. The molecule has 3 aromatic rings. The second kappa shape index (κ2) is 7.05. The summed E-state index contributed by atoms with van der Waals surface area (Å²) in [7, 11) is 0. The summed E-state index contributed by atoms with van der Waals surface area (Å²) in [6, 6.07) is 6.05. The highest BCUT2D eigenvalue weighted by Gasteiger charge is 2.27. The molecule has 2 atom stereocenters. The van der Waals surface area contributed by atoms with Gasteiger partial charge < -0.3 is 9.87 Å². The molecule has 1 aromatic carbocycles. The summed E-state index contributed by atoms with van der Waals surface area (Å²) in [6.45, 7) is 3.26. The van der Waals surface area contributed by atoms with Gasteiger partial charge in [0.2, 0.25) is 0 Å². The molecule has 0 aliphatic rings. The number of rotatable bonds is 5. The second-order valence-electron chi connectivity index (χ2n) is 6.43. The van der Waals surface area contributed by atoms with E-state index >= 15 is 0 Å². The molecule has 0 saturated heterocycles. The fourth-order valence-corrected chi connectivity index (χ4v) is 3.59. The van der Waals surface area contributed by atoms with Gasteiger partial charge in [0.15, 0.2) is 5.82 Å². The number of amides is 1. The van der Waals surface area contributed by atoms with Gasteiger partial charge in [-0.1, -0.05) is 11.2 Å². The first-order valence-electron chi connectivity index (χ1n) is 8.43. The van der Waals surface area contributed by atoms with Crippen LogP contribution in [0.2, 0.25) is 0 Å². The summed E-state index contributed by atoms with van der Waals surface area (Å²) in [5.41, 5.74) is -1.12. The molecule has 3 rings (SSSR count). The van der Waals surface area contributed by atoms with E-state index in [0.717, 1.165) is 0 Å². The fourth-order valence-electron chi connectivity index (χ4n) is 2.70. The predicted molar refractivity (Wildman–Crippen MR) is 99.3 cm³/mol. The van der Waals surface area contributed by atoms with Crippen LogP contribution in [0.15, 0.2) is 42.9 Å². The number of halogens is 1. The third-order valence-corrected chi connectivity index (χ3v) is 4.60. The van der Waals surface area contributed by atoms with Crippen molar-refractivity contribution in [2.24, 2.45) is 0 Å². The normalized spacial score (nSPS) is 14.7. The molecule has 136 valence electrons. The number of benzene rings is 1. The molecular formula is C18H19FN4O2S. The molecule has 0 saturated carbocycles. The molecule has 0 aliphatic carbocycles. The van der Waals surface area contributed by atoms with Gasteiger partial charge >= 0.3 is 0 Å². The van der Waals surface area contributed by atoms with Gasteiger partial charge in [0.25, 0.3) is 5.91 Å². The van der Waals surface area contributed by atoms with Crippen molar-refractivity contribution in [2.45, 2.75) is 19.4 Å². The van der Waals surface area contributed by atoms with Crippen LogP contribution in [0.4, 0.5) is 4.39 Å². The standard InChI is InChI=1S/C18H19FN4O2S/c1-18(2,11-26(3)25)21-17(24)13-6-7-15(19)16-14(13)10-23(22-16)12-5-4-8-20-9-12/h4-10H,11H2,1-3H3,(H,21,24)/i11D. The SMILES string of the molecule is [2H]C([S+](C)[O-])C(C)(C)NC(=O)c1ccc(F)c2nn(-c3cccnc3)cc12. The quantitative estimate of drug-likeness (QED) is 0.695. The van der Waals surface area contributed by atoms with E-state index in [1.54, 1.807) is 44.6 Å². The van der Waals surface area contributed by atoms with Crippen LogP contribution in [-0.4, -0.2) is 42.7 Å². The van der Waals surface area contributed by atoms with E-state index in [2.05, 4.69) is 15.4 Å². The molecule has 0 bridgehead atoms. The molecular weight excluding hydrogens is 355 g/mol. The Kier molecular flexibility index (Phi) is 4.60. The molecule has 6 nitrogen and oxygen atoms in total. The highest BCUT2D eigenvalue weighted by atomic mass is 32.2. The molecule has 1 N–H and O–H groups in total. The van der Waals surface area contributed by atoms with Gasteiger partial charge in [0.05, 0.1) is 30.6 Å². The number of fused-ring (bicyclic) bond motifs is 1. The van der Waals surface area contributed by atoms with Gasteiger partial charge in [-0.15, -0.1) is 0 Å². The van der Waals surface area contributed by atoms with Crippen molar-refractivity contribution in [1.29, 1.82) is 0 Å². The Morgan fingerprint density at radius 1 is 1.46 bits per heavy atom. The van der Waals surface area contributed by atoms with Crippen molar-refractivity contribution in [1.82, 2.24) is 20.1 Å². The number of hydrogen-bond acceptors (Lipinski definition) is 4. The van der Waals surface area contributed by atoms with E-state index in [-0.39, 0.29) is 11.1 Å². The van der Waals surface area contributed by atoms with Crippen molar-refractivity contribution in [2.75, 3.05) is 12.0 Å². The summed E-state index contributed by atoms with van der Waals surface area (Å²) in [4.78, 5) is 16.8. The Bertz CT molecular complexity index is 978. The summed E-state index contributed by atoms with van der Waals surface area (Å²) in [5.74, 6) is -1.03. The number of nitrogens with one attached hydrogen (secondary N) is 1. The number of pyridine rings is 1. The molecule has 26 heavy (non-hydrogen) atoms. The Hall–Kier alpha value is -2.45. The lowest BCUT2D eigenvalue weighted by Gasteiger charge is -2.25. The molecule has 2 heterocycles. The van der Waals surface area contributed by atoms with E-state index in [9.17, 15) is 13.7 Å². The second-order valence-corrected chi connectivity index (χ2v) is 7.67. The van der Waals surface area contributed by atoms with E-state index < -0.39 is 34.2 Å². The average Bonchev–Trinajstić information content (AvgIpc) is 3.07. The largest absolute Gasteiger partial charge is 0.616 e. The molecule has 8 heteroatoms. The summed E-state index contributed by atoms with van der Waals surface area (Å²) in [6.07, 6.45) is 6.17. The molecule has 1 amide bonds. The van der Waals surface area contributed by atoms with Crippen molar-refractivity contribution in [3.63, 3.8) is 0 Å². The smallest absolute Gasteiger partial charge is 0.252 e. The first kappa shape index (κ1) is 17.0. The monoisotopic (exact) mass is 375 g/mol. The number of aromatic nitrogens is 3. The molecule has 2 aromatic heterocycles. The maximum Gasteiger partial charge on any atom is 0.252 e. The lowest BCUT2D eigenvalue weighted by atomic mass is 10.1. The molecule has 0 aliphatic heterocycles. The van der Waals surface area contributed by atoms with Gasteiger partial charge in [-0.05, 0) is 38.1 Å². The Balaban J connectivity index is 2.01. The van der Waals surface area contributed by atoms with Crippen LogP contribution < -0.4 is 5.32 Å². The van der Waals surface area contributed by atoms with Crippen LogP contribution in [-0.2, 0) is 11.2 Å². The lowest BCUT2D eigenvalue weighted by Crippen LogP contribution is -2.48. The molecule has 0 radical (unpaired) electrons. The number of carbonyl (C=O) groups excluding carboxylic acids is 1. The third kappa shape index (κ3) is 3.86. The zero-order valence-electron chi connectivity index (χ0n) is 15.6. The van der Waals surface area contributed by atoms with E-state index in [4.69, 9.17) is 1.37 Å². The molecule has 0 spiro atoms. The summed E-state index contributed by atoms with van der Waals surface area (Å²) < 4.78 is 35.3. The third-order valence-electron chi connectivity index (χ3n) is 3.68. The predicted octanol–water partition coefficient (Wildman–Crippen LogP) is 2.45. The highest BCUT2D eigenvalue weighted by molar-refractivity contribution is 7.90. The maximum atomic E-state index is 14.2. The number of nitrogens with zero attached hydrogens (tertiary/aromatic N) is 3. The lowest BCUT2D eigenvalue weighted by molar-refractivity contribution is 0.0922. The topological polar surface area (TPSA) is 82.9 Å². The van der Waals surface area contributed by atoms with Crippen LogP contribution in [0.3, 0.4) is 0 Å². The minimum atomic E-state index is -1.44. The highest BCUT2D eigenvalue weighted by Crippen LogP contribution is 2.23. The van der Waals surface area contributed by atoms with Crippen LogP contribution in [0, 0.1) is 5.82 Å². The molecule has 0 fully saturated rings. The number of hydrogen-bond donors (Lipinski definition) is 1.